The summed E-state index contributed by atoms with van der Waals surface area (Å²) in [6.07, 6.45) is 5.68. The lowest BCUT2D eigenvalue weighted by Gasteiger charge is -2.06. The molecule has 0 bridgehead atoms. The SMILES string of the molecule is CCCOc1cncc(C(=O)c2ncccc2C)c1. The minimum Gasteiger partial charge on any atom is -0.492 e. The highest BCUT2D eigenvalue weighted by Crippen LogP contribution is 2.16. The van der Waals surface area contributed by atoms with Crippen LogP contribution in [0.15, 0.2) is 36.8 Å². The van der Waals surface area contributed by atoms with E-state index in [1.54, 1.807) is 18.5 Å². The number of ketones is 1. The molecule has 0 unspecified atom stereocenters. The molecule has 0 atom stereocenters. The predicted molar refractivity (Wildman–Crippen MR) is 72.4 cm³/mol. The van der Waals surface area contributed by atoms with Gasteiger partial charge in [0.15, 0.2) is 0 Å². The number of pyridine rings is 2. The summed E-state index contributed by atoms with van der Waals surface area (Å²) in [4.78, 5) is 20.5. The van der Waals surface area contributed by atoms with Gasteiger partial charge in [-0.2, -0.15) is 0 Å². The molecule has 0 amide bonds. The van der Waals surface area contributed by atoms with Crippen molar-refractivity contribution in [3.05, 3.63) is 53.6 Å². The van der Waals surface area contributed by atoms with Crippen LogP contribution in [0.1, 0.15) is 35.0 Å². The van der Waals surface area contributed by atoms with Crippen molar-refractivity contribution < 1.29 is 9.53 Å². The van der Waals surface area contributed by atoms with E-state index in [0.29, 0.717) is 23.6 Å². The van der Waals surface area contributed by atoms with Gasteiger partial charge < -0.3 is 4.74 Å². The summed E-state index contributed by atoms with van der Waals surface area (Å²) in [7, 11) is 0. The van der Waals surface area contributed by atoms with E-state index >= 15 is 0 Å². The van der Waals surface area contributed by atoms with Crippen molar-refractivity contribution in [2.75, 3.05) is 6.61 Å². The van der Waals surface area contributed by atoms with Crippen LogP contribution in [0.2, 0.25) is 0 Å². The number of rotatable bonds is 5. The lowest BCUT2D eigenvalue weighted by molar-refractivity contribution is 0.103. The molecular formula is C15H16N2O2. The summed E-state index contributed by atoms with van der Waals surface area (Å²) >= 11 is 0. The molecule has 19 heavy (non-hydrogen) atoms. The van der Waals surface area contributed by atoms with E-state index in [2.05, 4.69) is 9.97 Å². The molecule has 0 N–H and O–H groups in total. The lowest BCUT2D eigenvalue weighted by atomic mass is 10.1. The number of aryl methyl sites for hydroxylation is 1. The third-order valence-corrected chi connectivity index (χ3v) is 2.67. The van der Waals surface area contributed by atoms with Crippen LogP contribution in [0.25, 0.3) is 0 Å². The number of ether oxygens (including phenoxy) is 1. The molecule has 98 valence electrons. The molecule has 2 heterocycles. The first-order valence-corrected chi connectivity index (χ1v) is 6.26. The van der Waals surface area contributed by atoms with E-state index < -0.39 is 0 Å². The Morgan fingerprint density at radius 1 is 1.37 bits per heavy atom. The number of carbonyl (C=O) groups is 1. The number of hydrogen-bond donors (Lipinski definition) is 0. The highest BCUT2D eigenvalue weighted by molar-refractivity contribution is 6.08. The maximum absolute atomic E-state index is 12.3. The van der Waals surface area contributed by atoms with Gasteiger partial charge in [0.1, 0.15) is 11.4 Å². The number of aromatic nitrogens is 2. The van der Waals surface area contributed by atoms with Gasteiger partial charge in [-0.1, -0.05) is 13.0 Å². The summed E-state index contributed by atoms with van der Waals surface area (Å²) in [5.74, 6) is 0.480. The molecule has 4 nitrogen and oxygen atoms in total. The van der Waals surface area contributed by atoms with E-state index in [4.69, 9.17) is 4.74 Å². The van der Waals surface area contributed by atoms with E-state index in [1.165, 1.54) is 6.20 Å². The molecule has 2 rings (SSSR count). The van der Waals surface area contributed by atoms with Gasteiger partial charge in [-0.05, 0) is 31.0 Å². The molecule has 2 aromatic heterocycles. The molecule has 2 aromatic rings. The summed E-state index contributed by atoms with van der Waals surface area (Å²) in [6.45, 7) is 4.51. The van der Waals surface area contributed by atoms with Crippen molar-refractivity contribution in [1.82, 2.24) is 9.97 Å². The van der Waals surface area contributed by atoms with Gasteiger partial charge in [0.25, 0.3) is 0 Å². The second kappa shape index (κ2) is 6.09. The van der Waals surface area contributed by atoms with Crippen LogP contribution in [-0.2, 0) is 0 Å². The zero-order chi connectivity index (χ0) is 13.7. The Morgan fingerprint density at radius 2 is 2.21 bits per heavy atom. The number of hydrogen-bond acceptors (Lipinski definition) is 4. The van der Waals surface area contributed by atoms with Gasteiger partial charge in [0.05, 0.1) is 12.8 Å². The van der Waals surface area contributed by atoms with Crippen molar-refractivity contribution in [2.45, 2.75) is 20.3 Å². The second-order valence-electron chi connectivity index (χ2n) is 4.26. The molecule has 0 aliphatic heterocycles. The minimum atomic E-state index is -0.132. The third kappa shape index (κ3) is 3.16. The zero-order valence-electron chi connectivity index (χ0n) is 11.1. The average Bonchev–Trinajstić information content (AvgIpc) is 2.45. The molecule has 0 spiro atoms. The molecule has 0 aromatic carbocycles. The first kappa shape index (κ1) is 13.2. The van der Waals surface area contributed by atoms with Crippen molar-refractivity contribution in [2.24, 2.45) is 0 Å². The molecule has 4 heteroatoms. The van der Waals surface area contributed by atoms with E-state index in [9.17, 15) is 4.79 Å². The van der Waals surface area contributed by atoms with Crippen LogP contribution in [0.4, 0.5) is 0 Å². The summed E-state index contributed by atoms with van der Waals surface area (Å²) in [6, 6.07) is 5.38. The number of carbonyl (C=O) groups excluding carboxylic acids is 1. The fourth-order valence-electron chi connectivity index (χ4n) is 1.70. The van der Waals surface area contributed by atoms with Crippen LogP contribution < -0.4 is 4.74 Å². The smallest absolute Gasteiger partial charge is 0.213 e. The Balaban J connectivity index is 2.27. The van der Waals surface area contributed by atoms with Gasteiger partial charge >= 0.3 is 0 Å². The molecule has 0 fully saturated rings. The van der Waals surface area contributed by atoms with E-state index in [0.717, 1.165) is 12.0 Å². The van der Waals surface area contributed by atoms with Gasteiger partial charge in [0.2, 0.25) is 5.78 Å². The molecule has 0 saturated heterocycles. The predicted octanol–water partition coefficient (Wildman–Crippen LogP) is 2.80. The maximum Gasteiger partial charge on any atom is 0.213 e. The molecule has 0 saturated carbocycles. The van der Waals surface area contributed by atoms with Crippen molar-refractivity contribution >= 4 is 5.78 Å². The van der Waals surface area contributed by atoms with Crippen LogP contribution in [-0.4, -0.2) is 22.4 Å². The Hall–Kier alpha value is -2.23. The third-order valence-electron chi connectivity index (χ3n) is 2.67. The summed E-state index contributed by atoms with van der Waals surface area (Å²) < 4.78 is 5.48. The maximum atomic E-state index is 12.3. The zero-order valence-corrected chi connectivity index (χ0v) is 11.1. The molecular weight excluding hydrogens is 240 g/mol. The highest BCUT2D eigenvalue weighted by Gasteiger charge is 2.14. The topological polar surface area (TPSA) is 52.1 Å². The minimum absolute atomic E-state index is 0.132. The highest BCUT2D eigenvalue weighted by atomic mass is 16.5. The van der Waals surface area contributed by atoms with Gasteiger partial charge in [-0.15, -0.1) is 0 Å². The van der Waals surface area contributed by atoms with Gasteiger partial charge in [-0.3, -0.25) is 14.8 Å². The largest absolute Gasteiger partial charge is 0.492 e. The van der Waals surface area contributed by atoms with Crippen LogP contribution >= 0.6 is 0 Å². The first-order valence-electron chi connectivity index (χ1n) is 6.26. The quantitative estimate of drug-likeness (QED) is 0.772. The van der Waals surface area contributed by atoms with E-state index in [-0.39, 0.29) is 5.78 Å². The van der Waals surface area contributed by atoms with Crippen LogP contribution in [0.3, 0.4) is 0 Å². The van der Waals surface area contributed by atoms with Gasteiger partial charge in [0, 0.05) is 18.0 Å². The standard InChI is InChI=1S/C15H16N2O2/c1-3-7-19-13-8-12(9-16-10-13)15(18)14-11(2)5-4-6-17-14/h4-6,8-10H,3,7H2,1-2H3. The number of nitrogens with zero attached hydrogens (tertiary/aromatic N) is 2. The molecule has 0 aliphatic carbocycles. The van der Waals surface area contributed by atoms with Crippen LogP contribution in [0, 0.1) is 6.92 Å². The monoisotopic (exact) mass is 256 g/mol. The Labute approximate surface area is 112 Å². The van der Waals surface area contributed by atoms with Crippen molar-refractivity contribution in [3.63, 3.8) is 0 Å². The average molecular weight is 256 g/mol. The Bertz CT molecular complexity index is 582. The summed E-state index contributed by atoms with van der Waals surface area (Å²) in [5.41, 5.74) is 1.81. The van der Waals surface area contributed by atoms with Crippen molar-refractivity contribution in [3.8, 4) is 5.75 Å². The fraction of sp³-hybridized carbons (Fsp3) is 0.267. The molecule has 0 aliphatic rings. The molecule has 0 radical (unpaired) electrons. The normalized spacial score (nSPS) is 10.2. The lowest BCUT2D eigenvalue weighted by Crippen LogP contribution is -2.07. The summed E-state index contributed by atoms with van der Waals surface area (Å²) in [5, 5.41) is 0. The Morgan fingerprint density at radius 3 is 2.95 bits per heavy atom. The van der Waals surface area contributed by atoms with Gasteiger partial charge in [-0.25, -0.2) is 0 Å². The fourth-order valence-corrected chi connectivity index (χ4v) is 1.70. The van der Waals surface area contributed by atoms with Crippen molar-refractivity contribution in [1.29, 1.82) is 0 Å². The Kier molecular flexibility index (Phi) is 4.23. The van der Waals surface area contributed by atoms with E-state index in [1.807, 2.05) is 26.0 Å². The first-order chi connectivity index (χ1) is 9.22. The second-order valence-corrected chi connectivity index (χ2v) is 4.26. The van der Waals surface area contributed by atoms with Crippen LogP contribution in [0.5, 0.6) is 5.75 Å².